The Bertz CT molecular complexity index is 1100. The monoisotopic (exact) mass is 544 g/mol. The molecule has 2 unspecified atom stereocenters. The number of allylic oxidation sites excluding steroid dienone is 4. The Hall–Kier alpha value is -3.55. The first-order chi connectivity index (χ1) is 19.3. The summed E-state index contributed by atoms with van der Waals surface area (Å²) in [7, 11) is 0. The summed E-state index contributed by atoms with van der Waals surface area (Å²) in [6.45, 7) is 8.45. The lowest BCUT2D eigenvalue weighted by Crippen LogP contribution is -1.97. The van der Waals surface area contributed by atoms with Gasteiger partial charge in [0.25, 0.3) is 0 Å². The van der Waals surface area contributed by atoms with Crippen molar-refractivity contribution in [1.29, 1.82) is 0 Å². The highest BCUT2D eigenvalue weighted by Crippen LogP contribution is 2.15. The van der Waals surface area contributed by atoms with Crippen LogP contribution in [0.25, 0.3) is 0 Å². The van der Waals surface area contributed by atoms with E-state index in [9.17, 15) is 25.2 Å². The van der Waals surface area contributed by atoms with Crippen molar-refractivity contribution >= 4 is 5.78 Å². The Morgan fingerprint density at radius 1 is 0.625 bits per heavy atom. The molecule has 0 saturated carbocycles. The molecule has 0 aromatic heterocycles. The van der Waals surface area contributed by atoms with Crippen LogP contribution in [-0.2, 0) is 4.79 Å². The topological polar surface area (TPSA) is 98.0 Å². The van der Waals surface area contributed by atoms with Crippen LogP contribution in [0.4, 0.5) is 0 Å². The maximum absolute atomic E-state index is 12.0. The molecule has 4 N–H and O–H groups in total. The van der Waals surface area contributed by atoms with Crippen molar-refractivity contribution in [3.05, 3.63) is 61.3 Å². The fourth-order valence-electron chi connectivity index (χ4n) is 3.32. The summed E-state index contributed by atoms with van der Waals surface area (Å²) in [5.41, 5.74) is 0.913. The average molecular weight is 545 g/mol. The van der Waals surface area contributed by atoms with Gasteiger partial charge in [0, 0.05) is 0 Å². The second-order valence-corrected chi connectivity index (χ2v) is 9.06. The zero-order chi connectivity index (χ0) is 29.8. The number of Topliss-reactive ketones (excluding diaryl/α,β-unsaturated/α-hetero) is 1. The van der Waals surface area contributed by atoms with Crippen LogP contribution in [0.15, 0.2) is 61.3 Å². The van der Waals surface area contributed by atoms with Gasteiger partial charge in [-0.25, -0.2) is 0 Å². The first-order valence-electron chi connectivity index (χ1n) is 13.8. The van der Waals surface area contributed by atoms with Crippen LogP contribution in [0.2, 0.25) is 0 Å². The van der Waals surface area contributed by atoms with E-state index < -0.39 is 24.4 Å². The van der Waals surface area contributed by atoms with E-state index in [1.165, 1.54) is 12.2 Å². The summed E-state index contributed by atoms with van der Waals surface area (Å²) in [6, 6.07) is 0. The SMILES string of the molecule is C=CC(O)C#CC#C[C@@H](O)/C=C\CCCCC/C=C(\CCCCCC/C=C\[C@H](O)C#CC#CC(O)C=C)C(C)=O. The summed E-state index contributed by atoms with van der Waals surface area (Å²) in [5, 5.41) is 37.9. The molecule has 0 aromatic carbocycles. The van der Waals surface area contributed by atoms with Crippen LogP contribution in [0, 0.1) is 47.4 Å². The van der Waals surface area contributed by atoms with Crippen molar-refractivity contribution in [3.63, 3.8) is 0 Å². The molecule has 0 rings (SSSR count). The maximum Gasteiger partial charge on any atom is 0.155 e. The molecular formula is C35H44O5. The van der Waals surface area contributed by atoms with E-state index >= 15 is 0 Å². The first-order valence-corrected chi connectivity index (χ1v) is 13.8. The van der Waals surface area contributed by atoms with E-state index in [4.69, 9.17) is 0 Å². The predicted octanol–water partition coefficient (Wildman–Crippen LogP) is 4.73. The van der Waals surface area contributed by atoms with Gasteiger partial charge in [0.1, 0.15) is 24.4 Å². The zero-order valence-electron chi connectivity index (χ0n) is 23.7. The van der Waals surface area contributed by atoms with E-state index in [1.807, 2.05) is 12.2 Å². The lowest BCUT2D eigenvalue weighted by molar-refractivity contribution is -0.113. The van der Waals surface area contributed by atoms with Crippen molar-refractivity contribution in [2.24, 2.45) is 0 Å². The second-order valence-electron chi connectivity index (χ2n) is 9.06. The molecule has 0 aliphatic carbocycles. The summed E-state index contributed by atoms with van der Waals surface area (Å²) in [4.78, 5) is 12.0. The number of ketones is 1. The van der Waals surface area contributed by atoms with Crippen LogP contribution < -0.4 is 0 Å². The van der Waals surface area contributed by atoms with Gasteiger partial charge in [-0.3, -0.25) is 4.79 Å². The molecule has 0 spiro atoms. The fraction of sp³-hybridized carbons (Fsp3) is 0.457. The number of hydrogen-bond donors (Lipinski definition) is 4. The molecule has 0 saturated heterocycles. The Morgan fingerprint density at radius 2 is 1.02 bits per heavy atom. The predicted molar refractivity (Wildman–Crippen MR) is 163 cm³/mol. The molecule has 0 amide bonds. The van der Waals surface area contributed by atoms with Gasteiger partial charge in [0.2, 0.25) is 0 Å². The smallest absolute Gasteiger partial charge is 0.155 e. The van der Waals surface area contributed by atoms with Gasteiger partial charge in [0.15, 0.2) is 5.78 Å². The second kappa shape index (κ2) is 25.7. The van der Waals surface area contributed by atoms with Gasteiger partial charge < -0.3 is 20.4 Å². The number of carbonyl (C=O) groups excluding carboxylic acids is 1. The Morgan fingerprint density at radius 3 is 1.48 bits per heavy atom. The van der Waals surface area contributed by atoms with E-state index in [2.05, 4.69) is 66.6 Å². The number of aliphatic hydroxyl groups is 4. The normalized spacial score (nSPS) is 13.8. The van der Waals surface area contributed by atoms with Crippen molar-refractivity contribution < 1.29 is 25.2 Å². The van der Waals surface area contributed by atoms with Crippen molar-refractivity contribution in [2.45, 2.75) is 102 Å². The van der Waals surface area contributed by atoms with Gasteiger partial charge in [0.05, 0.1) is 0 Å². The summed E-state index contributed by atoms with van der Waals surface area (Å²) in [5.74, 6) is 20.2. The first kappa shape index (κ1) is 36.5. The molecule has 0 aliphatic heterocycles. The summed E-state index contributed by atoms with van der Waals surface area (Å²) in [6.07, 6.45) is 18.7. The minimum absolute atomic E-state index is 0.142. The van der Waals surface area contributed by atoms with Crippen molar-refractivity contribution in [1.82, 2.24) is 0 Å². The molecule has 0 heterocycles. The molecule has 0 aromatic rings. The minimum atomic E-state index is -0.908. The van der Waals surface area contributed by atoms with Gasteiger partial charge in [-0.15, -0.1) is 0 Å². The third-order valence-electron chi connectivity index (χ3n) is 5.57. The number of aliphatic hydroxyl groups excluding tert-OH is 4. The maximum atomic E-state index is 12.0. The van der Waals surface area contributed by atoms with Crippen LogP contribution >= 0.6 is 0 Å². The Balaban J connectivity index is 4.06. The van der Waals surface area contributed by atoms with Gasteiger partial charge >= 0.3 is 0 Å². The number of hydrogen-bond acceptors (Lipinski definition) is 5. The van der Waals surface area contributed by atoms with E-state index in [0.29, 0.717) is 0 Å². The molecule has 0 radical (unpaired) electrons. The van der Waals surface area contributed by atoms with Crippen LogP contribution in [0.3, 0.4) is 0 Å². The molecular weight excluding hydrogens is 500 g/mol. The van der Waals surface area contributed by atoms with E-state index in [0.717, 1.165) is 76.2 Å². The molecule has 4 atom stereocenters. The highest BCUT2D eigenvalue weighted by Gasteiger charge is 2.03. The lowest BCUT2D eigenvalue weighted by atomic mass is 10.0. The highest BCUT2D eigenvalue weighted by atomic mass is 16.3. The molecule has 0 aliphatic rings. The molecule has 5 nitrogen and oxygen atoms in total. The standard InChI is InChI=1S/C35H44O5/c1-4-32(37)24-18-20-28-34(39)26-16-12-8-6-10-14-22-31(30(3)36)23-15-11-7-9-13-17-27-35(40)29-21-19-25-33(38)5-2/h4-5,16-17,22,26-27,32-35,37-40H,1-2,6-15,23H2,3H3/b26-16-,27-17-,31-22+/t32?,33?,34-,35-/m0/s1. The fourth-order valence-corrected chi connectivity index (χ4v) is 3.32. The highest BCUT2D eigenvalue weighted by molar-refractivity contribution is 5.93. The number of unbranched alkanes of at least 4 members (excludes halogenated alkanes) is 8. The van der Waals surface area contributed by atoms with Crippen molar-refractivity contribution in [3.8, 4) is 47.4 Å². The minimum Gasteiger partial charge on any atom is -0.377 e. The average Bonchev–Trinajstić information content (AvgIpc) is 2.94. The summed E-state index contributed by atoms with van der Waals surface area (Å²) >= 11 is 0. The lowest BCUT2D eigenvalue weighted by Gasteiger charge is -2.05. The zero-order valence-corrected chi connectivity index (χ0v) is 23.7. The molecule has 40 heavy (non-hydrogen) atoms. The third kappa shape index (κ3) is 23.6. The van der Waals surface area contributed by atoms with E-state index in [1.54, 1.807) is 19.1 Å². The Labute approximate surface area is 241 Å². The third-order valence-corrected chi connectivity index (χ3v) is 5.57. The number of carbonyl (C=O) groups is 1. The van der Waals surface area contributed by atoms with E-state index in [-0.39, 0.29) is 5.78 Å². The summed E-state index contributed by atoms with van der Waals surface area (Å²) < 4.78 is 0. The van der Waals surface area contributed by atoms with Crippen LogP contribution in [-0.4, -0.2) is 50.6 Å². The van der Waals surface area contributed by atoms with Crippen LogP contribution in [0.1, 0.15) is 77.6 Å². The Kier molecular flexibility index (Phi) is 23.4. The molecule has 0 fully saturated rings. The number of rotatable bonds is 18. The largest absolute Gasteiger partial charge is 0.377 e. The van der Waals surface area contributed by atoms with Gasteiger partial charge in [-0.1, -0.05) is 86.5 Å². The van der Waals surface area contributed by atoms with Gasteiger partial charge in [-0.05, 0) is 99.7 Å². The molecule has 5 heteroatoms. The molecule has 214 valence electrons. The van der Waals surface area contributed by atoms with Gasteiger partial charge in [-0.2, -0.15) is 0 Å². The molecule has 0 bridgehead atoms. The quantitative estimate of drug-likeness (QED) is 0.0865. The van der Waals surface area contributed by atoms with Crippen LogP contribution in [0.5, 0.6) is 0 Å². The van der Waals surface area contributed by atoms with Crippen molar-refractivity contribution in [2.75, 3.05) is 0 Å².